The van der Waals surface area contributed by atoms with Gasteiger partial charge in [-0.05, 0) is 53.0 Å². The second-order valence-corrected chi connectivity index (χ2v) is 5.23. The van der Waals surface area contributed by atoms with Crippen molar-refractivity contribution in [2.45, 2.75) is 64.3 Å². The smallest absolute Gasteiger partial charge is 0.0707 e. The van der Waals surface area contributed by atoms with E-state index in [9.17, 15) is 0 Å². The number of rotatable bonds is 6. The topological polar surface area (TPSA) is 41.5 Å². The van der Waals surface area contributed by atoms with Crippen LogP contribution in [0, 0.1) is 0 Å². The van der Waals surface area contributed by atoms with Crippen molar-refractivity contribution in [3.05, 3.63) is 0 Å². The van der Waals surface area contributed by atoms with Gasteiger partial charge in [-0.1, -0.05) is 0 Å². The molecule has 1 heterocycles. The number of ether oxygens (including phenoxy) is 1. The first-order valence-electron chi connectivity index (χ1n) is 6.06. The summed E-state index contributed by atoms with van der Waals surface area (Å²) >= 11 is 0. The molecule has 15 heavy (non-hydrogen) atoms. The Morgan fingerprint density at radius 1 is 1.53 bits per heavy atom. The summed E-state index contributed by atoms with van der Waals surface area (Å²) in [6.07, 6.45) is 4.45. The highest BCUT2D eigenvalue weighted by molar-refractivity contribution is 4.81. The highest BCUT2D eigenvalue weighted by Crippen LogP contribution is 2.28. The lowest BCUT2D eigenvalue weighted by Crippen LogP contribution is -2.30. The number of hydrogen-bond acceptors (Lipinski definition) is 3. The first-order chi connectivity index (χ1) is 6.99. The van der Waals surface area contributed by atoms with Crippen molar-refractivity contribution in [1.29, 1.82) is 0 Å². The van der Waals surface area contributed by atoms with Gasteiger partial charge in [0.15, 0.2) is 0 Å². The van der Waals surface area contributed by atoms with Crippen LogP contribution < -0.4 is 5.32 Å². The van der Waals surface area contributed by atoms with Crippen LogP contribution in [0.15, 0.2) is 0 Å². The van der Waals surface area contributed by atoms with Gasteiger partial charge in [0.25, 0.3) is 0 Å². The lowest BCUT2D eigenvalue weighted by atomic mass is 10.1. The molecule has 0 bridgehead atoms. The van der Waals surface area contributed by atoms with Gasteiger partial charge in [-0.2, -0.15) is 0 Å². The standard InChI is InChI=1S/C12H25NO2/c1-10(14)5-4-8-13-9-11-6-7-12(2,3)15-11/h10-11,13-14H,4-9H2,1-3H3. The van der Waals surface area contributed by atoms with E-state index in [0.717, 1.165) is 38.8 Å². The van der Waals surface area contributed by atoms with E-state index in [2.05, 4.69) is 19.2 Å². The van der Waals surface area contributed by atoms with Crippen LogP contribution in [0.2, 0.25) is 0 Å². The molecule has 1 aliphatic rings. The van der Waals surface area contributed by atoms with E-state index in [0.29, 0.717) is 6.10 Å². The summed E-state index contributed by atoms with van der Waals surface area (Å²) in [5.74, 6) is 0. The number of aliphatic hydroxyl groups is 1. The van der Waals surface area contributed by atoms with Gasteiger partial charge >= 0.3 is 0 Å². The van der Waals surface area contributed by atoms with E-state index < -0.39 is 0 Å². The summed E-state index contributed by atoms with van der Waals surface area (Å²) in [6.45, 7) is 8.07. The third-order valence-electron chi connectivity index (χ3n) is 2.90. The minimum absolute atomic E-state index is 0.0754. The molecule has 1 aliphatic heterocycles. The summed E-state index contributed by atoms with van der Waals surface area (Å²) < 4.78 is 5.86. The molecule has 3 nitrogen and oxygen atoms in total. The molecule has 1 fully saturated rings. The van der Waals surface area contributed by atoms with Gasteiger partial charge in [0, 0.05) is 6.54 Å². The van der Waals surface area contributed by atoms with Gasteiger partial charge in [-0.25, -0.2) is 0 Å². The molecule has 0 aromatic carbocycles. The second-order valence-electron chi connectivity index (χ2n) is 5.23. The summed E-state index contributed by atoms with van der Waals surface area (Å²) in [5.41, 5.74) is 0.0754. The van der Waals surface area contributed by atoms with Gasteiger partial charge in [0.2, 0.25) is 0 Å². The van der Waals surface area contributed by atoms with E-state index in [1.807, 2.05) is 6.92 Å². The minimum Gasteiger partial charge on any atom is -0.393 e. The average Bonchev–Trinajstić information content (AvgIpc) is 2.44. The third-order valence-corrected chi connectivity index (χ3v) is 2.90. The highest BCUT2D eigenvalue weighted by atomic mass is 16.5. The Labute approximate surface area is 93.2 Å². The summed E-state index contributed by atoms with van der Waals surface area (Å²) in [5, 5.41) is 12.5. The third kappa shape index (κ3) is 5.50. The predicted octanol–water partition coefficient (Wildman–Crippen LogP) is 1.69. The van der Waals surface area contributed by atoms with E-state index >= 15 is 0 Å². The molecule has 0 amide bonds. The maximum Gasteiger partial charge on any atom is 0.0707 e. The lowest BCUT2D eigenvalue weighted by molar-refractivity contribution is -0.0141. The maximum absolute atomic E-state index is 9.08. The molecule has 0 aliphatic carbocycles. The van der Waals surface area contributed by atoms with Gasteiger partial charge in [0.05, 0.1) is 17.8 Å². The lowest BCUT2D eigenvalue weighted by Gasteiger charge is -2.19. The fourth-order valence-electron chi connectivity index (χ4n) is 2.01. The Morgan fingerprint density at radius 2 is 2.27 bits per heavy atom. The monoisotopic (exact) mass is 215 g/mol. The molecule has 0 spiro atoms. The van der Waals surface area contributed by atoms with E-state index in [-0.39, 0.29) is 11.7 Å². The molecule has 90 valence electrons. The maximum atomic E-state index is 9.08. The molecular weight excluding hydrogens is 190 g/mol. The van der Waals surface area contributed by atoms with Crippen LogP contribution in [0.5, 0.6) is 0 Å². The van der Waals surface area contributed by atoms with Crippen LogP contribution in [0.4, 0.5) is 0 Å². The second kappa shape index (κ2) is 5.83. The molecule has 2 unspecified atom stereocenters. The number of aliphatic hydroxyl groups excluding tert-OH is 1. The van der Waals surface area contributed by atoms with Gasteiger partial charge in [0.1, 0.15) is 0 Å². The first-order valence-corrected chi connectivity index (χ1v) is 6.06. The van der Waals surface area contributed by atoms with Gasteiger partial charge in [-0.3, -0.25) is 0 Å². The predicted molar refractivity (Wildman–Crippen MR) is 62.0 cm³/mol. The number of hydrogen-bond donors (Lipinski definition) is 2. The summed E-state index contributed by atoms with van der Waals surface area (Å²) in [4.78, 5) is 0. The van der Waals surface area contributed by atoms with E-state index in [1.54, 1.807) is 0 Å². The molecule has 2 atom stereocenters. The molecule has 0 aromatic heterocycles. The SMILES string of the molecule is CC(O)CCCNCC1CCC(C)(C)O1. The molecule has 0 saturated carbocycles. The number of nitrogens with one attached hydrogen (secondary N) is 1. The van der Waals surface area contributed by atoms with Gasteiger partial charge in [-0.15, -0.1) is 0 Å². The van der Waals surface area contributed by atoms with Crippen LogP contribution in [0.25, 0.3) is 0 Å². The quantitative estimate of drug-likeness (QED) is 0.663. The fraction of sp³-hybridized carbons (Fsp3) is 1.00. The zero-order valence-electron chi connectivity index (χ0n) is 10.3. The van der Waals surface area contributed by atoms with Crippen molar-refractivity contribution in [1.82, 2.24) is 5.32 Å². The van der Waals surface area contributed by atoms with Crippen LogP contribution in [0.1, 0.15) is 46.5 Å². The zero-order chi connectivity index (χ0) is 11.3. The van der Waals surface area contributed by atoms with Crippen molar-refractivity contribution in [3.8, 4) is 0 Å². The Morgan fingerprint density at radius 3 is 2.80 bits per heavy atom. The van der Waals surface area contributed by atoms with Crippen molar-refractivity contribution >= 4 is 0 Å². The van der Waals surface area contributed by atoms with Crippen molar-refractivity contribution in [2.24, 2.45) is 0 Å². The molecule has 1 saturated heterocycles. The van der Waals surface area contributed by atoms with E-state index in [1.165, 1.54) is 0 Å². The van der Waals surface area contributed by atoms with Crippen LogP contribution in [-0.4, -0.2) is 36.0 Å². The Kier molecular flexibility index (Phi) is 5.03. The summed E-state index contributed by atoms with van der Waals surface area (Å²) in [6, 6.07) is 0. The highest BCUT2D eigenvalue weighted by Gasteiger charge is 2.30. The van der Waals surface area contributed by atoms with Crippen molar-refractivity contribution < 1.29 is 9.84 Å². The Hall–Kier alpha value is -0.120. The average molecular weight is 215 g/mol. The van der Waals surface area contributed by atoms with Gasteiger partial charge < -0.3 is 15.2 Å². The molecular formula is C12H25NO2. The first kappa shape index (κ1) is 12.9. The fourth-order valence-corrected chi connectivity index (χ4v) is 2.01. The van der Waals surface area contributed by atoms with Crippen LogP contribution in [0.3, 0.4) is 0 Å². The Bertz CT molecular complexity index is 180. The largest absolute Gasteiger partial charge is 0.393 e. The van der Waals surface area contributed by atoms with Crippen molar-refractivity contribution in [2.75, 3.05) is 13.1 Å². The van der Waals surface area contributed by atoms with Crippen LogP contribution in [-0.2, 0) is 4.74 Å². The Balaban J connectivity index is 1.97. The minimum atomic E-state index is -0.173. The van der Waals surface area contributed by atoms with Crippen molar-refractivity contribution in [3.63, 3.8) is 0 Å². The normalized spacial score (nSPS) is 26.8. The molecule has 2 N–H and O–H groups in total. The van der Waals surface area contributed by atoms with Crippen LogP contribution >= 0.6 is 0 Å². The van der Waals surface area contributed by atoms with E-state index in [4.69, 9.17) is 9.84 Å². The zero-order valence-corrected chi connectivity index (χ0v) is 10.3. The molecule has 0 radical (unpaired) electrons. The molecule has 1 rings (SSSR count). The molecule has 3 heteroatoms. The summed E-state index contributed by atoms with van der Waals surface area (Å²) in [7, 11) is 0. The molecule has 0 aromatic rings.